The summed E-state index contributed by atoms with van der Waals surface area (Å²) in [4.78, 5) is 19.6. The molecule has 0 unspecified atom stereocenters. The van der Waals surface area contributed by atoms with Gasteiger partial charge in [-0.25, -0.2) is 9.37 Å². The molecule has 0 fully saturated rings. The van der Waals surface area contributed by atoms with Crippen LogP contribution in [0, 0.1) is 5.82 Å². The van der Waals surface area contributed by atoms with E-state index in [1.54, 1.807) is 23.5 Å². The van der Waals surface area contributed by atoms with Crippen LogP contribution in [0.4, 0.5) is 10.1 Å². The zero-order valence-electron chi connectivity index (χ0n) is 17.7. The van der Waals surface area contributed by atoms with Gasteiger partial charge in [-0.05, 0) is 68.7 Å². The van der Waals surface area contributed by atoms with Crippen LogP contribution in [0.25, 0.3) is 0 Å². The molecule has 0 bridgehead atoms. The quantitative estimate of drug-likeness (QED) is 0.566. The molecule has 7 heteroatoms. The van der Waals surface area contributed by atoms with Gasteiger partial charge in [-0.3, -0.25) is 4.79 Å². The highest BCUT2D eigenvalue weighted by atomic mass is 32.1. The summed E-state index contributed by atoms with van der Waals surface area (Å²) in [6.07, 6.45) is 1.91. The van der Waals surface area contributed by atoms with Crippen LogP contribution in [-0.2, 0) is 19.6 Å². The zero-order chi connectivity index (χ0) is 21.8. The summed E-state index contributed by atoms with van der Waals surface area (Å²) in [5.41, 5.74) is 3.97. The van der Waals surface area contributed by atoms with E-state index in [4.69, 9.17) is 9.72 Å². The molecule has 5 nitrogen and oxygen atoms in total. The molecule has 1 aliphatic rings. The first-order chi connectivity index (χ1) is 15.0. The fourth-order valence-electron chi connectivity index (χ4n) is 3.78. The molecular weight excluding hydrogens is 413 g/mol. The molecule has 1 aliphatic heterocycles. The molecule has 0 spiro atoms. The molecule has 3 aromatic rings. The molecule has 2 heterocycles. The minimum atomic E-state index is -0.282. The summed E-state index contributed by atoms with van der Waals surface area (Å²) in [7, 11) is 0. The molecule has 2 aromatic carbocycles. The minimum Gasteiger partial charge on any atom is -0.486 e. The van der Waals surface area contributed by atoms with Gasteiger partial charge in [0.15, 0.2) is 0 Å². The van der Waals surface area contributed by atoms with Crippen LogP contribution in [0.1, 0.15) is 46.9 Å². The molecule has 0 radical (unpaired) electrons. The molecule has 162 valence electrons. The van der Waals surface area contributed by atoms with Gasteiger partial charge >= 0.3 is 0 Å². The largest absolute Gasteiger partial charge is 0.486 e. The first kappa shape index (κ1) is 21.3. The van der Waals surface area contributed by atoms with Crippen molar-refractivity contribution in [3.63, 3.8) is 0 Å². The fraction of sp³-hybridized carbons (Fsp3) is 0.333. The average Bonchev–Trinajstić information content (AvgIpc) is 3.20. The average molecular weight is 440 g/mol. The Kier molecular flexibility index (Phi) is 6.51. The maximum Gasteiger partial charge on any atom is 0.251 e. The molecular formula is C24H26FN3O2S. The number of ether oxygens (including phenoxy) is 1. The van der Waals surface area contributed by atoms with E-state index in [0.717, 1.165) is 46.9 Å². The van der Waals surface area contributed by atoms with Crippen molar-refractivity contribution in [2.75, 3.05) is 11.4 Å². The Morgan fingerprint density at radius 2 is 2.06 bits per heavy atom. The smallest absolute Gasteiger partial charge is 0.251 e. The zero-order valence-corrected chi connectivity index (χ0v) is 18.5. The van der Waals surface area contributed by atoms with Crippen LogP contribution in [0.3, 0.4) is 0 Å². The van der Waals surface area contributed by atoms with Gasteiger partial charge in [0.25, 0.3) is 5.91 Å². The van der Waals surface area contributed by atoms with E-state index < -0.39 is 0 Å². The van der Waals surface area contributed by atoms with Crippen molar-refractivity contribution in [2.24, 2.45) is 0 Å². The fourth-order valence-corrected chi connectivity index (χ4v) is 4.47. The van der Waals surface area contributed by atoms with Gasteiger partial charge in [0.05, 0.1) is 12.2 Å². The number of carbonyl (C=O) groups is 1. The van der Waals surface area contributed by atoms with Crippen LogP contribution >= 0.6 is 11.3 Å². The summed E-state index contributed by atoms with van der Waals surface area (Å²) in [6, 6.07) is 12.0. The van der Waals surface area contributed by atoms with E-state index in [-0.39, 0.29) is 17.8 Å². The summed E-state index contributed by atoms with van der Waals surface area (Å²) < 4.78 is 18.7. The van der Waals surface area contributed by atoms with Crippen LogP contribution in [0.5, 0.6) is 5.75 Å². The molecule has 0 saturated heterocycles. The molecule has 1 amide bonds. The molecule has 1 aromatic heterocycles. The minimum absolute atomic E-state index is 0.0115. The highest BCUT2D eigenvalue weighted by Gasteiger charge is 2.23. The number of benzene rings is 2. The maximum atomic E-state index is 13.0. The number of thiazole rings is 1. The molecule has 0 aliphatic carbocycles. The van der Waals surface area contributed by atoms with E-state index in [0.29, 0.717) is 18.9 Å². The number of nitrogens with one attached hydrogen (secondary N) is 1. The Morgan fingerprint density at radius 3 is 2.84 bits per heavy atom. The highest BCUT2D eigenvalue weighted by Crippen LogP contribution is 2.31. The lowest BCUT2D eigenvalue weighted by molar-refractivity contribution is 0.0942. The van der Waals surface area contributed by atoms with Crippen molar-refractivity contribution in [3.8, 4) is 5.75 Å². The lowest BCUT2D eigenvalue weighted by Gasteiger charge is -2.32. The van der Waals surface area contributed by atoms with Crippen LogP contribution in [0.15, 0.2) is 47.8 Å². The van der Waals surface area contributed by atoms with E-state index in [9.17, 15) is 9.18 Å². The molecule has 1 N–H and O–H groups in total. The van der Waals surface area contributed by atoms with Crippen molar-refractivity contribution < 1.29 is 13.9 Å². The van der Waals surface area contributed by atoms with Gasteiger partial charge in [0, 0.05) is 29.2 Å². The predicted octanol–water partition coefficient (Wildman–Crippen LogP) is 4.95. The van der Waals surface area contributed by atoms with Crippen molar-refractivity contribution in [2.45, 2.75) is 45.9 Å². The van der Waals surface area contributed by atoms with E-state index in [2.05, 4.69) is 16.3 Å². The van der Waals surface area contributed by atoms with E-state index >= 15 is 0 Å². The van der Waals surface area contributed by atoms with Crippen LogP contribution < -0.4 is 15.0 Å². The van der Waals surface area contributed by atoms with Crippen LogP contribution in [-0.4, -0.2) is 23.5 Å². The Morgan fingerprint density at radius 1 is 1.26 bits per heavy atom. The molecule has 0 saturated carbocycles. The highest BCUT2D eigenvalue weighted by molar-refractivity contribution is 7.09. The SMILES string of the molecule is CC(C)NC(=O)c1cccc2c1CCCN2Cc1csc(COc2ccc(F)cc2)n1. The van der Waals surface area contributed by atoms with Crippen molar-refractivity contribution in [3.05, 3.63) is 75.5 Å². The monoisotopic (exact) mass is 439 g/mol. The van der Waals surface area contributed by atoms with E-state index in [1.807, 2.05) is 31.4 Å². The number of carbonyl (C=O) groups excluding carboxylic acids is 1. The number of anilines is 1. The normalized spacial score (nSPS) is 13.2. The van der Waals surface area contributed by atoms with Gasteiger partial charge in [0.2, 0.25) is 0 Å². The number of halogens is 1. The van der Waals surface area contributed by atoms with Crippen molar-refractivity contribution >= 4 is 22.9 Å². The topological polar surface area (TPSA) is 54.5 Å². The number of nitrogens with zero attached hydrogens (tertiary/aromatic N) is 2. The van der Waals surface area contributed by atoms with Crippen molar-refractivity contribution in [1.29, 1.82) is 0 Å². The van der Waals surface area contributed by atoms with Crippen molar-refractivity contribution in [1.82, 2.24) is 10.3 Å². The number of rotatable bonds is 7. The first-order valence-corrected chi connectivity index (χ1v) is 11.4. The summed E-state index contributed by atoms with van der Waals surface area (Å²) in [6.45, 7) is 5.92. The van der Waals surface area contributed by atoms with Gasteiger partial charge in [-0.2, -0.15) is 0 Å². The molecule has 31 heavy (non-hydrogen) atoms. The van der Waals surface area contributed by atoms with Crippen LogP contribution in [0.2, 0.25) is 0 Å². The Balaban J connectivity index is 1.44. The first-order valence-electron chi connectivity index (χ1n) is 10.5. The van der Waals surface area contributed by atoms with Gasteiger partial charge in [0.1, 0.15) is 23.2 Å². The summed E-state index contributed by atoms with van der Waals surface area (Å²) in [5.74, 6) is 0.327. The molecule has 0 atom stereocenters. The Labute approximate surface area is 185 Å². The maximum absolute atomic E-state index is 13.0. The van der Waals surface area contributed by atoms with Gasteiger partial charge in [-0.1, -0.05) is 6.07 Å². The summed E-state index contributed by atoms with van der Waals surface area (Å²) in [5, 5.41) is 5.93. The third-order valence-electron chi connectivity index (χ3n) is 5.14. The number of hydrogen-bond donors (Lipinski definition) is 1. The summed E-state index contributed by atoms with van der Waals surface area (Å²) >= 11 is 1.56. The predicted molar refractivity (Wildman–Crippen MR) is 121 cm³/mol. The lowest BCUT2D eigenvalue weighted by Crippen LogP contribution is -2.34. The second-order valence-electron chi connectivity index (χ2n) is 7.93. The number of fused-ring (bicyclic) bond motifs is 1. The third-order valence-corrected chi connectivity index (χ3v) is 6.01. The number of amides is 1. The number of hydrogen-bond acceptors (Lipinski definition) is 5. The molecule has 4 rings (SSSR count). The van der Waals surface area contributed by atoms with Gasteiger partial charge in [-0.15, -0.1) is 11.3 Å². The standard InChI is InChI=1S/C24H26FN3O2S/c1-16(2)26-24(29)21-5-3-7-22-20(21)6-4-12-28(22)13-18-15-31-23(27-18)14-30-19-10-8-17(25)9-11-19/h3,5,7-11,15-16H,4,6,12-14H2,1-2H3,(H,26,29). The second-order valence-corrected chi connectivity index (χ2v) is 8.87. The Bertz CT molecular complexity index is 1050. The van der Waals surface area contributed by atoms with Gasteiger partial charge < -0.3 is 15.0 Å². The second kappa shape index (κ2) is 9.47. The Hall–Kier alpha value is -2.93. The lowest BCUT2D eigenvalue weighted by atomic mass is 9.95. The number of aromatic nitrogens is 1. The third kappa shape index (κ3) is 5.22. The van der Waals surface area contributed by atoms with E-state index in [1.165, 1.54) is 12.1 Å².